The summed E-state index contributed by atoms with van der Waals surface area (Å²) in [5, 5.41) is 0. The third-order valence-corrected chi connectivity index (χ3v) is 2.69. The van der Waals surface area contributed by atoms with Crippen LogP contribution in [0.3, 0.4) is 0 Å². The molecule has 0 saturated heterocycles. The van der Waals surface area contributed by atoms with Gasteiger partial charge in [-0.05, 0) is 18.8 Å². The van der Waals surface area contributed by atoms with Crippen molar-refractivity contribution in [1.82, 2.24) is 0 Å². The number of hydrogen-bond donors (Lipinski definition) is 0. The highest BCUT2D eigenvalue weighted by molar-refractivity contribution is 5.69. The molecule has 2 heteroatoms. The largest absolute Gasteiger partial charge is 0.466 e. The van der Waals surface area contributed by atoms with Crippen molar-refractivity contribution in [3.63, 3.8) is 0 Å². The highest BCUT2D eigenvalue weighted by Crippen LogP contribution is 2.07. The Hall–Kier alpha value is -0.530. The van der Waals surface area contributed by atoms with Gasteiger partial charge in [0.2, 0.25) is 0 Å². The van der Waals surface area contributed by atoms with Gasteiger partial charge in [0.15, 0.2) is 0 Å². The van der Waals surface area contributed by atoms with E-state index in [0.717, 1.165) is 12.8 Å². The first-order valence-corrected chi connectivity index (χ1v) is 6.82. The lowest BCUT2D eigenvalue weighted by Gasteiger charge is -2.06. The van der Waals surface area contributed by atoms with E-state index in [0.29, 0.717) is 18.9 Å². The van der Waals surface area contributed by atoms with E-state index in [4.69, 9.17) is 4.74 Å². The van der Waals surface area contributed by atoms with Crippen LogP contribution in [0.15, 0.2) is 0 Å². The van der Waals surface area contributed by atoms with Gasteiger partial charge in [0.25, 0.3) is 0 Å². The van der Waals surface area contributed by atoms with Gasteiger partial charge in [-0.1, -0.05) is 52.9 Å². The van der Waals surface area contributed by atoms with Crippen molar-refractivity contribution >= 4 is 5.97 Å². The summed E-state index contributed by atoms with van der Waals surface area (Å²) in [6.07, 6.45) is 8.94. The molecule has 0 bridgehead atoms. The molecule has 0 spiro atoms. The third kappa shape index (κ3) is 11.5. The number of ether oxygens (including phenoxy) is 1. The molecule has 0 heterocycles. The summed E-state index contributed by atoms with van der Waals surface area (Å²) < 4.78 is 5.16. The van der Waals surface area contributed by atoms with Crippen LogP contribution in [0.25, 0.3) is 0 Å². The van der Waals surface area contributed by atoms with Crippen LogP contribution in [0.5, 0.6) is 0 Å². The van der Waals surface area contributed by atoms with Crippen LogP contribution in [0, 0.1) is 5.92 Å². The van der Waals surface area contributed by atoms with Gasteiger partial charge in [0.1, 0.15) is 0 Å². The predicted molar refractivity (Wildman–Crippen MR) is 68.4 cm³/mol. The van der Waals surface area contributed by atoms with Crippen LogP contribution in [0.1, 0.15) is 72.1 Å². The summed E-state index contributed by atoms with van der Waals surface area (Å²) in [7, 11) is 0. The second kappa shape index (κ2) is 11.0. The molecule has 0 aliphatic carbocycles. The number of carbonyl (C=O) groups excluding carboxylic acids is 1. The van der Waals surface area contributed by atoms with Gasteiger partial charge in [-0.15, -0.1) is 0 Å². The van der Waals surface area contributed by atoms with Crippen LogP contribution >= 0.6 is 0 Å². The lowest BCUT2D eigenvalue weighted by molar-refractivity contribution is -0.144. The Labute approximate surface area is 101 Å². The molecule has 0 atom stereocenters. The van der Waals surface area contributed by atoms with Gasteiger partial charge < -0.3 is 4.74 Å². The lowest BCUT2D eigenvalue weighted by atomic mass is 10.1. The Morgan fingerprint density at radius 1 is 1.06 bits per heavy atom. The normalized spacial score (nSPS) is 10.8. The van der Waals surface area contributed by atoms with Crippen molar-refractivity contribution in [3.05, 3.63) is 0 Å². The maximum atomic E-state index is 11.3. The second-order valence-corrected chi connectivity index (χ2v) is 4.92. The first-order chi connectivity index (χ1) is 7.66. The Morgan fingerprint density at radius 3 is 2.31 bits per heavy atom. The smallest absolute Gasteiger partial charge is 0.305 e. The third-order valence-electron chi connectivity index (χ3n) is 2.69. The first-order valence-electron chi connectivity index (χ1n) is 6.82. The van der Waals surface area contributed by atoms with E-state index in [1.165, 1.54) is 32.1 Å². The fraction of sp³-hybridized carbons (Fsp3) is 0.929. The van der Waals surface area contributed by atoms with Crippen LogP contribution in [-0.2, 0) is 9.53 Å². The van der Waals surface area contributed by atoms with Crippen molar-refractivity contribution < 1.29 is 9.53 Å². The van der Waals surface area contributed by atoms with Crippen molar-refractivity contribution in [2.24, 2.45) is 5.92 Å². The van der Waals surface area contributed by atoms with Crippen molar-refractivity contribution in [1.29, 1.82) is 0 Å². The number of carbonyl (C=O) groups is 1. The Kier molecular flexibility index (Phi) is 10.6. The molecule has 16 heavy (non-hydrogen) atoms. The van der Waals surface area contributed by atoms with E-state index in [2.05, 4.69) is 20.8 Å². The Bertz CT molecular complexity index is 164. The number of esters is 1. The molecule has 0 N–H and O–H groups in total. The zero-order valence-corrected chi connectivity index (χ0v) is 11.3. The average Bonchev–Trinajstić information content (AvgIpc) is 2.25. The Morgan fingerprint density at radius 2 is 1.69 bits per heavy atom. The maximum Gasteiger partial charge on any atom is 0.305 e. The number of unbranched alkanes of at least 4 members (excludes halogenated alkanes) is 5. The van der Waals surface area contributed by atoms with Gasteiger partial charge in [-0.3, -0.25) is 4.79 Å². The minimum Gasteiger partial charge on any atom is -0.466 e. The molecular formula is C14H28O2. The van der Waals surface area contributed by atoms with Crippen molar-refractivity contribution in [2.75, 3.05) is 6.61 Å². The molecule has 0 aromatic rings. The second-order valence-electron chi connectivity index (χ2n) is 4.92. The molecule has 0 saturated carbocycles. The van der Waals surface area contributed by atoms with Crippen molar-refractivity contribution in [2.45, 2.75) is 72.1 Å². The monoisotopic (exact) mass is 228 g/mol. The number of rotatable bonds is 10. The van der Waals surface area contributed by atoms with E-state index < -0.39 is 0 Å². The fourth-order valence-corrected chi connectivity index (χ4v) is 1.55. The Balaban J connectivity index is 3.15. The minimum atomic E-state index is -0.0257. The quantitative estimate of drug-likeness (QED) is 0.411. The van der Waals surface area contributed by atoms with E-state index in [1.807, 2.05) is 0 Å². The van der Waals surface area contributed by atoms with Gasteiger partial charge in [0.05, 0.1) is 6.61 Å². The van der Waals surface area contributed by atoms with Crippen LogP contribution < -0.4 is 0 Å². The molecule has 2 nitrogen and oxygen atoms in total. The van der Waals surface area contributed by atoms with Crippen LogP contribution in [-0.4, -0.2) is 12.6 Å². The van der Waals surface area contributed by atoms with E-state index in [1.54, 1.807) is 0 Å². The average molecular weight is 228 g/mol. The summed E-state index contributed by atoms with van der Waals surface area (Å²) in [4.78, 5) is 11.3. The zero-order valence-electron chi connectivity index (χ0n) is 11.3. The fourth-order valence-electron chi connectivity index (χ4n) is 1.55. The molecular weight excluding hydrogens is 200 g/mol. The molecule has 0 unspecified atom stereocenters. The summed E-state index contributed by atoms with van der Waals surface area (Å²) in [5.74, 6) is 0.559. The predicted octanol–water partition coefficient (Wildman–Crippen LogP) is 4.33. The van der Waals surface area contributed by atoms with Gasteiger partial charge >= 0.3 is 5.97 Å². The molecule has 0 radical (unpaired) electrons. The van der Waals surface area contributed by atoms with E-state index in [9.17, 15) is 4.79 Å². The summed E-state index contributed by atoms with van der Waals surface area (Å²) in [6.45, 7) is 7.08. The maximum absolute atomic E-state index is 11.3. The van der Waals surface area contributed by atoms with Gasteiger partial charge in [-0.2, -0.15) is 0 Å². The van der Waals surface area contributed by atoms with Gasteiger partial charge in [-0.25, -0.2) is 0 Å². The van der Waals surface area contributed by atoms with E-state index >= 15 is 0 Å². The highest BCUT2D eigenvalue weighted by atomic mass is 16.5. The highest BCUT2D eigenvalue weighted by Gasteiger charge is 2.03. The van der Waals surface area contributed by atoms with E-state index in [-0.39, 0.29) is 5.97 Å². The standard InChI is InChI=1S/C14H28O2/c1-4-5-6-7-8-9-12-16-14(15)11-10-13(2)3/h13H,4-12H2,1-3H3. The molecule has 0 rings (SSSR count). The summed E-state index contributed by atoms with van der Waals surface area (Å²) in [5.41, 5.74) is 0. The van der Waals surface area contributed by atoms with Gasteiger partial charge in [0, 0.05) is 6.42 Å². The molecule has 0 aliphatic heterocycles. The minimum absolute atomic E-state index is 0.0257. The zero-order chi connectivity index (χ0) is 12.2. The molecule has 0 amide bonds. The first kappa shape index (κ1) is 15.5. The molecule has 0 aromatic heterocycles. The molecule has 0 fully saturated rings. The topological polar surface area (TPSA) is 26.3 Å². The van der Waals surface area contributed by atoms with Crippen molar-refractivity contribution in [3.8, 4) is 0 Å². The SMILES string of the molecule is CCCCCCCCOC(=O)CCC(C)C. The summed E-state index contributed by atoms with van der Waals surface area (Å²) >= 11 is 0. The molecule has 0 aliphatic rings. The summed E-state index contributed by atoms with van der Waals surface area (Å²) in [6, 6.07) is 0. The molecule has 96 valence electrons. The number of hydrogen-bond acceptors (Lipinski definition) is 2. The molecule has 0 aromatic carbocycles. The van der Waals surface area contributed by atoms with Crippen LogP contribution in [0.4, 0.5) is 0 Å². The lowest BCUT2D eigenvalue weighted by Crippen LogP contribution is -2.06. The van der Waals surface area contributed by atoms with Crippen LogP contribution in [0.2, 0.25) is 0 Å².